The number of rotatable bonds is 4. The van der Waals surface area contributed by atoms with Crippen molar-refractivity contribution >= 4 is 5.91 Å². The number of fused-ring (bicyclic) bond motifs is 1. The van der Waals surface area contributed by atoms with Gasteiger partial charge in [0, 0.05) is 37.0 Å². The molecule has 7 nitrogen and oxygen atoms in total. The number of benzene rings is 1. The van der Waals surface area contributed by atoms with Gasteiger partial charge in [0.05, 0.1) is 0 Å². The van der Waals surface area contributed by atoms with Crippen LogP contribution in [0.2, 0.25) is 0 Å². The molecule has 1 amide bonds. The summed E-state index contributed by atoms with van der Waals surface area (Å²) < 4.78 is 16.2. The molecule has 126 valence electrons. The standard InChI is InChI=1S/C17H19N3O4/c21-17(10-22-13-3-4-15-16(8-13)24-11-23-15)20-7-1-2-12(9-20)14-5-6-18-19-14/h3-6,8,12H,1-2,7,9-11H2,(H,18,19)/t12-/m1/s1. The fraction of sp³-hybridized carbons (Fsp3) is 0.412. The fourth-order valence-electron chi connectivity index (χ4n) is 3.15. The number of carbonyl (C=O) groups excluding carboxylic acids is 1. The number of H-pyrrole nitrogens is 1. The van der Waals surface area contributed by atoms with Crippen LogP contribution in [0.15, 0.2) is 30.5 Å². The van der Waals surface area contributed by atoms with Gasteiger partial charge in [0.15, 0.2) is 18.1 Å². The van der Waals surface area contributed by atoms with Crippen LogP contribution >= 0.6 is 0 Å². The Morgan fingerprint density at radius 3 is 3.12 bits per heavy atom. The van der Waals surface area contributed by atoms with Gasteiger partial charge in [0.1, 0.15) is 5.75 Å². The van der Waals surface area contributed by atoms with Crippen molar-refractivity contribution in [2.75, 3.05) is 26.5 Å². The first kappa shape index (κ1) is 14.9. The van der Waals surface area contributed by atoms with Crippen molar-refractivity contribution in [1.29, 1.82) is 0 Å². The van der Waals surface area contributed by atoms with E-state index in [1.54, 1.807) is 24.4 Å². The Hall–Kier alpha value is -2.70. The van der Waals surface area contributed by atoms with Crippen LogP contribution in [0.1, 0.15) is 24.5 Å². The minimum atomic E-state index is -0.00289. The van der Waals surface area contributed by atoms with Gasteiger partial charge in [-0.05, 0) is 31.0 Å². The third kappa shape index (κ3) is 3.02. The van der Waals surface area contributed by atoms with Gasteiger partial charge in [-0.25, -0.2) is 0 Å². The van der Waals surface area contributed by atoms with Crippen molar-refractivity contribution in [3.8, 4) is 17.2 Å². The average Bonchev–Trinajstić information content (AvgIpc) is 3.30. The van der Waals surface area contributed by atoms with Gasteiger partial charge in [-0.3, -0.25) is 9.89 Å². The molecule has 2 aliphatic heterocycles. The maximum Gasteiger partial charge on any atom is 0.260 e. The van der Waals surface area contributed by atoms with Crippen LogP contribution in [-0.2, 0) is 4.79 Å². The zero-order chi connectivity index (χ0) is 16.4. The number of amides is 1. The highest BCUT2D eigenvalue weighted by Gasteiger charge is 2.25. The lowest BCUT2D eigenvalue weighted by molar-refractivity contribution is -0.134. The summed E-state index contributed by atoms with van der Waals surface area (Å²) in [5.74, 6) is 2.27. The van der Waals surface area contributed by atoms with Crippen LogP contribution in [0.25, 0.3) is 0 Å². The Balaban J connectivity index is 1.34. The van der Waals surface area contributed by atoms with E-state index >= 15 is 0 Å². The van der Waals surface area contributed by atoms with Gasteiger partial charge >= 0.3 is 0 Å². The van der Waals surface area contributed by atoms with Crippen LogP contribution in [-0.4, -0.2) is 47.5 Å². The van der Waals surface area contributed by atoms with Crippen LogP contribution < -0.4 is 14.2 Å². The average molecular weight is 329 g/mol. The third-order valence-electron chi connectivity index (χ3n) is 4.44. The van der Waals surface area contributed by atoms with E-state index in [2.05, 4.69) is 10.2 Å². The first-order valence-corrected chi connectivity index (χ1v) is 8.09. The quantitative estimate of drug-likeness (QED) is 0.927. The summed E-state index contributed by atoms with van der Waals surface area (Å²) in [6.07, 6.45) is 3.80. The lowest BCUT2D eigenvalue weighted by Gasteiger charge is -2.32. The number of piperidine rings is 1. The topological polar surface area (TPSA) is 76.7 Å². The fourth-order valence-corrected chi connectivity index (χ4v) is 3.15. The minimum absolute atomic E-state index is 0.00289. The van der Waals surface area contributed by atoms with Crippen LogP contribution in [0.3, 0.4) is 0 Å². The van der Waals surface area contributed by atoms with Crippen molar-refractivity contribution in [3.63, 3.8) is 0 Å². The molecule has 0 saturated carbocycles. The Morgan fingerprint density at radius 2 is 2.25 bits per heavy atom. The molecule has 1 fully saturated rings. The molecule has 0 bridgehead atoms. The van der Waals surface area contributed by atoms with Gasteiger partial charge in [-0.2, -0.15) is 5.10 Å². The molecule has 1 N–H and O–H groups in total. The number of hydrogen-bond donors (Lipinski definition) is 1. The van der Waals surface area contributed by atoms with E-state index in [4.69, 9.17) is 14.2 Å². The molecule has 24 heavy (non-hydrogen) atoms. The minimum Gasteiger partial charge on any atom is -0.484 e. The maximum atomic E-state index is 12.4. The molecule has 0 radical (unpaired) electrons. The SMILES string of the molecule is O=C(COc1ccc2c(c1)OCO2)N1CCC[C@@H](c2ccn[nH]2)C1. The predicted molar refractivity (Wildman–Crippen MR) is 85.2 cm³/mol. The smallest absolute Gasteiger partial charge is 0.260 e. The first-order chi connectivity index (χ1) is 11.8. The van der Waals surface area contributed by atoms with Crippen molar-refractivity contribution < 1.29 is 19.0 Å². The Bertz CT molecular complexity index is 717. The van der Waals surface area contributed by atoms with Crippen LogP contribution in [0, 0.1) is 0 Å². The van der Waals surface area contributed by atoms with E-state index in [9.17, 15) is 4.79 Å². The number of carbonyl (C=O) groups is 1. The molecule has 2 aromatic rings. The molecular formula is C17H19N3O4. The van der Waals surface area contributed by atoms with Crippen LogP contribution in [0.5, 0.6) is 17.2 Å². The molecule has 7 heteroatoms. The largest absolute Gasteiger partial charge is 0.484 e. The summed E-state index contributed by atoms with van der Waals surface area (Å²) >= 11 is 0. The van der Waals surface area contributed by atoms with E-state index in [1.165, 1.54) is 0 Å². The lowest BCUT2D eigenvalue weighted by atomic mass is 9.95. The highest BCUT2D eigenvalue weighted by molar-refractivity contribution is 5.78. The first-order valence-electron chi connectivity index (χ1n) is 8.09. The normalized spacial score (nSPS) is 19.3. The number of aromatic amines is 1. The van der Waals surface area contributed by atoms with Crippen molar-refractivity contribution in [1.82, 2.24) is 15.1 Å². The van der Waals surface area contributed by atoms with Crippen molar-refractivity contribution in [3.05, 3.63) is 36.2 Å². The molecule has 2 aliphatic rings. The number of likely N-dealkylation sites (tertiary alicyclic amines) is 1. The van der Waals surface area contributed by atoms with Crippen LogP contribution in [0.4, 0.5) is 0 Å². The molecule has 1 aromatic heterocycles. The molecule has 0 unspecified atom stereocenters. The molecule has 0 aliphatic carbocycles. The molecule has 3 heterocycles. The Morgan fingerprint density at radius 1 is 1.33 bits per heavy atom. The summed E-state index contributed by atoms with van der Waals surface area (Å²) in [6, 6.07) is 7.29. The summed E-state index contributed by atoms with van der Waals surface area (Å²) in [4.78, 5) is 14.3. The molecule has 4 rings (SSSR count). The van der Waals surface area contributed by atoms with E-state index < -0.39 is 0 Å². The number of ether oxygens (including phenoxy) is 3. The summed E-state index contributed by atoms with van der Waals surface area (Å²) in [5, 5.41) is 7.00. The summed E-state index contributed by atoms with van der Waals surface area (Å²) in [7, 11) is 0. The van der Waals surface area contributed by atoms with Gasteiger partial charge in [-0.15, -0.1) is 0 Å². The molecular weight excluding hydrogens is 310 g/mol. The second kappa shape index (κ2) is 6.43. The molecule has 1 atom stereocenters. The Labute approximate surface area is 139 Å². The molecule has 1 saturated heterocycles. The van der Waals surface area contributed by atoms with Crippen molar-refractivity contribution in [2.45, 2.75) is 18.8 Å². The number of hydrogen-bond acceptors (Lipinski definition) is 5. The third-order valence-corrected chi connectivity index (χ3v) is 4.44. The van der Waals surface area contributed by atoms with Gasteiger partial charge in [0.2, 0.25) is 6.79 Å². The van der Waals surface area contributed by atoms with Gasteiger partial charge in [-0.1, -0.05) is 0 Å². The summed E-state index contributed by atoms with van der Waals surface area (Å²) in [5.41, 5.74) is 1.09. The number of nitrogens with one attached hydrogen (secondary N) is 1. The lowest BCUT2D eigenvalue weighted by Crippen LogP contribution is -2.41. The molecule has 1 aromatic carbocycles. The monoisotopic (exact) mass is 329 g/mol. The highest BCUT2D eigenvalue weighted by atomic mass is 16.7. The van der Waals surface area contributed by atoms with E-state index in [1.807, 2.05) is 11.0 Å². The maximum absolute atomic E-state index is 12.4. The zero-order valence-corrected chi connectivity index (χ0v) is 13.2. The number of nitrogens with zero attached hydrogens (tertiary/aromatic N) is 2. The number of aromatic nitrogens is 2. The van der Waals surface area contributed by atoms with E-state index in [-0.39, 0.29) is 19.3 Å². The second-order valence-electron chi connectivity index (χ2n) is 5.99. The molecule has 0 spiro atoms. The van der Waals surface area contributed by atoms with Crippen molar-refractivity contribution in [2.24, 2.45) is 0 Å². The van der Waals surface area contributed by atoms with Gasteiger partial charge in [0.25, 0.3) is 5.91 Å². The zero-order valence-electron chi connectivity index (χ0n) is 13.2. The summed E-state index contributed by atoms with van der Waals surface area (Å²) in [6.45, 7) is 1.72. The van der Waals surface area contributed by atoms with Gasteiger partial charge < -0.3 is 19.1 Å². The van der Waals surface area contributed by atoms with E-state index in [0.717, 1.165) is 25.1 Å². The second-order valence-corrected chi connectivity index (χ2v) is 5.99. The highest BCUT2D eigenvalue weighted by Crippen LogP contribution is 2.35. The predicted octanol–water partition coefficient (Wildman–Crippen LogP) is 1.92. The Kier molecular flexibility index (Phi) is 3.98. The van der Waals surface area contributed by atoms with E-state index in [0.29, 0.717) is 29.7 Å².